The Morgan fingerprint density at radius 3 is 2.62 bits per heavy atom. The van der Waals surface area contributed by atoms with Crippen molar-refractivity contribution < 1.29 is 14.6 Å². The van der Waals surface area contributed by atoms with Crippen molar-refractivity contribution in [3.8, 4) is 0 Å². The summed E-state index contributed by atoms with van der Waals surface area (Å²) in [6.45, 7) is 5.39. The van der Waals surface area contributed by atoms with Gasteiger partial charge in [-0.2, -0.15) is 0 Å². The van der Waals surface area contributed by atoms with Gasteiger partial charge in [-0.15, -0.1) is 0 Å². The van der Waals surface area contributed by atoms with Crippen LogP contribution in [0.2, 0.25) is 0 Å². The second-order valence-electron chi connectivity index (χ2n) is 6.10. The predicted molar refractivity (Wildman–Crippen MR) is 81.7 cm³/mol. The molecular formula is C17H25NO3. The van der Waals surface area contributed by atoms with Gasteiger partial charge < -0.3 is 15.2 Å². The lowest BCUT2D eigenvalue weighted by Crippen LogP contribution is -2.42. The molecule has 1 amide bonds. The van der Waals surface area contributed by atoms with Crippen molar-refractivity contribution in [2.24, 2.45) is 11.8 Å². The summed E-state index contributed by atoms with van der Waals surface area (Å²) in [6, 6.07) is 9.42. The fourth-order valence-corrected chi connectivity index (χ4v) is 2.75. The number of carbonyl (C=O) groups is 1. The second kappa shape index (κ2) is 7.05. The molecule has 1 aromatic carbocycles. The molecule has 1 saturated heterocycles. The fraction of sp³-hybridized carbons (Fsp3) is 0.588. The van der Waals surface area contributed by atoms with Gasteiger partial charge in [0.25, 0.3) is 0 Å². The van der Waals surface area contributed by atoms with Gasteiger partial charge >= 0.3 is 0 Å². The Kier molecular flexibility index (Phi) is 5.37. The minimum atomic E-state index is -1.05. The largest absolute Gasteiger partial charge is 0.384 e. The van der Waals surface area contributed by atoms with Gasteiger partial charge in [0.05, 0.1) is 6.54 Å². The van der Waals surface area contributed by atoms with E-state index in [4.69, 9.17) is 4.74 Å². The molecule has 0 bridgehead atoms. The van der Waals surface area contributed by atoms with Gasteiger partial charge in [0, 0.05) is 19.1 Å². The van der Waals surface area contributed by atoms with Crippen LogP contribution in [0.3, 0.4) is 0 Å². The molecule has 2 rings (SSSR count). The van der Waals surface area contributed by atoms with E-state index in [0.29, 0.717) is 5.92 Å². The first-order chi connectivity index (χ1) is 10.0. The van der Waals surface area contributed by atoms with Gasteiger partial charge in [-0.3, -0.25) is 4.79 Å². The topological polar surface area (TPSA) is 58.6 Å². The fourth-order valence-electron chi connectivity index (χ4n) is 2.75. The van der Waals surface area contributed by atoms with E-state index in [0.717, 1.165) is 31.6 Å². The van der Waals surface area contributed by atoms with E-state index in [2.05, 4.69) is 5.32 Å². The molecule has 4 heteroatoms. The normalized spacial score (nSPS) is 20.5. The van der Waals surface area contributed by atoms with E-state index >= 15 is 0 Å². The minimum Gasteiger partial charge on any atom is -0.384 e. The first-order valence-electron chi connectivity index (χ1n) is 7.64. The number of benzene rings is 1. The minimum absolute atomic E-state index is 0.0121. The zero-order valence-electron chi connectivity index (χ0n) is 12.8. The number of amides is 1. The number of aliphatic hydroxyl groups is 1. The van der Waals surface area contributed by atoms with Crippen LogP contribution in [0.4, 0.5) is 0 Å². The van der Waals surface area contributed by atoms with Crippen LogP contribution in [0.25, 0.3) is 0 Å². The molecule has 21 heavy (non-hydrogen) atoms. The van der Waals surface area contributed by atoms with Crippen LogP contribution in [0, 0.1) is 11.8 Å². The smallest absolute Gasteiger partial charge is 0.223 e. The summed E-state index contributed by atoms with van der Waals surface area (Å²) in [6.07, 6.45) is 1.87. The number of hydrogen-bond donors (Lipinski definition) is 2. The van der Waals surface area contributed by atoms with Crippen LogP contribution >= 0.6 is 0 Å². The maximum absolute atomic E-state index is 12.3. The molecule has 116 valence electrons. The van der Waals surface area contributed by atoms with E-state index in [-0.39, 0.29) is 18.4 Å². The van der Waals surface area contributed by atoms with Crippen molar-refractivity contribution >= 4 is 5.91 Å². The zero-order valence-corrected chi connectivity index (χ0v) is 12.8. The number of rotatable bonds is 5. The highest BCUT2D eigenvalue weighted by Gasteiger charge is 2.28. The molecule has 1 fully saturated rings. The highest BCUT2D eigenvalue weighted by molar-refractivity contribution is 5.78. The van der Waals surface area contributed by atoms with Crippen molar-refractivity contribution in [1.29, 1.82) is 0 Å². The Labute approximate surface area is 126 Å². The monoisotopic (exact) mass is 291 g/mol. The van der Waals surface area contributed by atoms with Crippen LogP contribution in [0.5, 0.6) is 0 Å². The molecular weight excluding hydrogens is 266 g/mol. The number of nitrogens with one attached hydrogen (secondary N) is 1. The van der Waals surface area contributed by atoms with Crippen molar-refractivity contribution in [2.45, 2.75) is 32.3 Å². The van der Waals surface area contributed by atoms with Crippen molar-refractivity contribution in [2.75, 3.05) is 19.8 Å². The van der Waals surface area contributed by atoms with Crippen LogP contribution in [0.1, 0.15) is 32.3 Å². The molecule has 0 aromatic heterocycles. The third-order valence-electron chi connectivity index (χ3n) is 4.39. The van der Waals surface area contributed by atoms with Crippen LogP contribution in [0.15, 0.2) is 30.3 Å². The molecule has 1 aromatic rings. The first-order valence-corrected chi connectivity index (χ1v) is 7.64. The second-order valence-corrected chi connectivity index (χ2v) is 6.10. The Bertz CT molecular complexity index is 452. The lowest BCUT2D eigenvalue weighted by molar-refractivity contribution is -0.128. The molecule has 1 aliphatic heterocycles. The lowest BCUT2D eigenvalue weighted by Gasteiger charge is -2.29. The summed E-state index contributed by atoms with van der Waals surface area (Å²) in [7, 11) is 0. The summed E-state index contributed by atoms with van der Waals surface area (Å²) in [5.74, 6) is 0.346. The summed E-state index contributed by atoms with van der Waals surface area (Å²) in [4.78, 5) is 12.3. The highest BCUT2D eigenvalue weighted by Crippen LogP contribution is 2.24. The lowest BCUT2D eigenvalue weighted by atomic mass is 9.86. The molecule has 2 N–H and O–H groups in total. The highest BCUT2D eigenvalue weighted by atomic mass is 16.5. The summed E-state index contributed by atoms with van der Waals surface area (Å²) < 4.78 is 5.33. The first kappa shape index (κ1) is 16.0. The quantitative estimate of drug-likeness (QED) is 0.873. The van der Waals surface area contributed by atoms with E-state index in [1.54, 1.807) is 6.92 Å². The SMILES string of the molecule is CC(C(=O)NCC(C)(O)c1ccccc1)C1CCOCC1. The van der Waals surface area contributed by atoms with Gasteiger partial charge in [-0.1, -0.05) is 37.3 Å². The van der Waals surface area contributed by atoms with Crippen LogP contribution < -0.4 is 5.32 Å². The van der Waals surface area contributed by atoms with E-state index in [1.807, 2.05) is 37.3 Å². The van der Waals surface area contributed by atoms with Gasteiger partial charge in [0.15, 0.2) is 0 Å². The Morgan fingerprint density at radius 1 is 1.38 bits per heavy atom. The van der Waals surface area contributed by atoms with Gasteiger partial charge in [-0.25, -0.2) is 0 Å². The zero-order chi connectivity index (χ0) is 15.3. The predicted octanol–water partition coefficient (Wildman–Crippen LogP) is 2.07. The maximum atomic E-state index is 12.3. The molecule has 2 atom stereocenters. The van der Waals surface area contributed by atoms with E-state index < -0.39 is 5.60 Å². The van der Waals surface area contributed by atoms with Crippen molar-refractivity contribution in [1.82, 2.24) is 5.32 Å². The molecule has 0 radical (unpaired) electrons. The Balaban J connectivity index is 1.88. The molecule has 0 spiro atoms. The molecule has 4 nitrogen and oxygen atoms in total. The van der Waals surface area contributed by atoms with E-state index in [9.17, 15) is 9.90 Å². The summed E-state index contributed by atoms with van der Waals surface area (Å²) in [5, 5.41) is 13.4. The molecule has 2 unspecified atom stereocenters. The molecule has 0 saturated carbocycles. The van der Waals surface area contributed by atoms with Crippen molar-refractivity contribution in [3.05, 3.63) is 35.9 Å². The third-order valence-corrected chi connectivity index (χ3v) is 4.39. The molecule has 0 aliphatic carbocycles. The van der Waals surface area contributed by atoms with Crippen molar-refractivity contribution in [3.63, 3.8) is 0 Å². The summed E-state index contributed by atoms with van der Waals surface area (Å²) in [5.41, 5.74) is -0.240. The van der Waals surface area contributed by atoms with Gasteiger partial charge in [0.2, 0.25) is 5.91 Å². The maximum Gasteiger partial charge on any atom is 0.223 e. The van der Waals surface area contributed by atoms with E-state index in [1.165, 1.54) is 0 Å². The number of hydrogen-bond acceptors (Lipinski definition) is 3. The van der Waals surface area contributed by atoms with Gasteiger partial charge in [0.1, 0.15) is 5.60 Å². The number of carbonyl (C=O) groups excluding carboxylic acids is 1. The third kappa shape index (κ3) is 4.29. The average molecular weight is 291 g/mol. The Hall–Kier alpha value is -1.39. The van der Waals surface area contributed by atoms with Crippen LogP contribution in [-0.4, -0.2) is 30.8 Å². The summed E-state index contributed by atoms with van der Waals surface area (Å²) >= 11 is 0. The van der Waals surface area contributed by atoms with Crippen LogP contribution in [-0.2, 0) is 15.1 Å². The standard InChI is InChI=1S/C17H25NO3/c1-13(14-8-10-21-11-9-14)16(19)18-12-17(2,20)15-6-4-3-5-7-15/h3-7,13-14,20H,8-12H2,1-2H3,(H,18,19). The number of ether oxygens (including phenoxy) is 1. The molecule has 1 heterocycles. The average Bonchev–Trinajstić information content (AvgIpc) is 2.53. The Morgan fingerprint density at radius 2 is 2.00 bits per heavy atom. The van der Waals surface area contributed by atoms with Gasteiger partial charge in [-0.05, 0) is 31.2 Å². The molecule has 1 aliphatic rings.